The van der Waals surface area contributed by atoms with Gasteiger partial charge >= 0.3 is 0 Å². The number of nitrogens with one attached hydrogen (secondary N) is 1. The molecule has 1 aliphatic rings. The molecule has 1 heterocycles. The van der Waals surface area contributed by atoms with Gasteiger partial charge in [-0.1, -0.05) is 19.8 Å². The standard InChI is InChI=1S/C14H22N4O/c1-10-5-3-4-6-13(10)18(2)14(19)12-8-7-11(17-15)9-16-12/h7-10,13,17H,3-6,15H2,1-2H3. The molecule has 0 spiro atoms. The topological polar surface area (TPSA) is 71.2 Å². The van der Waals surface area contributed by atoms with Crippen LogP contribution in [0.15, 0.2) is 18.3 Å². The number of hydrazine groups is 1. The Kier molecular flexibility index (Phi) is 4.37. The summed E-state index contributed by atoms with van der Waals surface area (Å²) in [6.07, 6.45) is 6.34. The van der Waals surface area contributed by atoms with E-state index >= 15 is 0 Å². The summed E-state index contributed by atoms with van der Waals surface area (Å²) in [7, 11) is 1.88. The highest BCUT2D eigenvalue weighted by atomic mass is 16.2. The van der Waals surface area contributed by atoms with Crippen LogP contribution in [0, 0.1) is 5.92 Å². The third-order valence-electron chi connectivity index (χ3n) is 4.03. The van der Waals surface area contributed by atoms with Crippen LogP contribution in [-0.2, 0) is 0 Å². The van der Waals surface area contributed by atoms with Crippen LogP contribution in [0.1, 0.15) is 43.1 Å². The molecule has 0 radical (unpaired) electrons. The van der Waals surface area contributed by atoms with Gasteiger partial charge in [-0.25, -0.2) is 4.98 Å². The first-order valence-electron chi connectivity index (χ1n) is 6.83. The van der Waals surface area contributed by atoms with Gasteiger partial charge in [-0.3, -0.25) is 10.6 Å². The second-order valence-corrected chi connectivity index (χ2v) is 5.32. The molecule has 5 nitrogen and oxygen atoms in total. The summed E-state index contributed by atoms with van der Waals surface area (Å²) >= 11 is 0. The fraction of sp³-hybridized carbons (Fsp3) is 0.571. The van der Waals surface area contributed by atoms with Crippen molar-refractivity contribution in [3.05, 3.63) is 24.0 Å². The van der Waals surface area contributed by atoms with Gasteiger partial charge in [-0.2, -0.15) is 0 Å². The van der Waals surface area contributed by atoms with Crippen molar-refractivity contribution in [2.75, 3.05) is 12.5 Å². The van der Waals surface area contributed by atoms with Crippen molar-refractivity contribution in [1.29, 1.82) is 0 Å². The first kappa shape index (κ1) is 13.8. The van der Waals surface area contributed by atoms with Crippen LogP contribution in [0.2, 0.25) is 0 Å². The number of nitrogens with two attached hydrogens (primary N) is 1. The Hall–Kier alpha value is -1.62. The van der Waals surface area contributed by atoms with Crippen molar-refractivity contribution in [3.63, 3.8) is 0 Å². The number of amides is 1. The lowest BCUT2D eigenvalue weighted by atomic mass is 9.85. The van der Waals surface area contributed by atoms with E-state index in [1.54, 1.807) is 18.3 Å². The summed E-state index contributed by atoms with van der Waals surface area (Å²) in [4.78, 5) is 18.4. The number of nitrogens with zero attached hydrogens (tertiary/aromatic N) is 2. The normalized spacial score (nSPS) is 22.9. The van der Waals surface area contributed by atoms with Gasteiger partial charge in [0.1, 0.15) is 5.69 Å². The van der Waals surface area contributed by atoms with Crippen LogP contribution in [0.5, 0.6) is 0 Å². The van der Waals surface area contributed by atoms with Crippen LogP contribution >= 0.6 is 0 Å². The second-order valence-electron chi connectivity index (χ2n) is 5.32. The molecule has 5 heteroatoms. The first-order valence-corrected chi connectivity index (χ1v) is 6.83. The van der Waals surface area contributed by atoms with Gasteiger partial charge in [-0.05, 0) is 30.9 Å². The zero-order valence-electron chi connectivity index (χ0n) is 11.6. The van der Waals surface area contributed by atoms with Crippen LogP contribution in [0.3, 0.4) is 0 Å². The van der Waals surface area contributed by atoms with Crippen LogP contribution in [0.25, 0.3) is 0 Å². The molecule has 0 saturated heterocycles. The third kappa shape index (κ3) is 3.04. The Labute approximate surface area is 114 Å². The molecule has 2 rings (SSSR count). The Morgan fingerprint density at radius 1 is 1.42 bits per heavy atom. The Morgan fingerprint density at radius 3 is 2.74 bits per heavy atom. The number of pyridine rings is 1. The Balaban J connectivity index is 2.08. The van der Waals surface area contributed by atoms with E-state index in [-0.39, 0.29) is 5.91 Å². The molecule has 2 unspecified atom stereocenters. The molecule has 1 amide bonds. The van der Waals surface area contributed by atoms with Gasteiger partial charge in [0.15, 0.2) is 0 Å². The SMILES string of the molecule is CC1CCCCC1N(C)C(=O)c1ccc(NN)cn1. The molecule has 1 fully saturated rings. The maximum Gasteiger partial charge on any atom is 0.272 e. The fourth-order valence-corrected chi connectivity index (χ4v) is 2.81. The summed E-state index contributed by atoms with van der Waals surface area (Å²) < 4.78 is 0. The number of anilines is 1. The van der Waals surface area contributed by atoms with E-state index in [0.29, 0.717) is 23.3 Å². The highest BCUT2D eigenvalue weighted by Gasteiger charge is 2.28. The summed E-state index contributed by atoms with van der Waals surface area (Å²) in [5.74, 6) is 5.84. The van der Waals surface area contributed by atoms with Crippen molar-refractivity contribution in [2.45, 2.75) is 38.6 Å². The lowest BCUT2D eigenvalue weighted by Gasteiger charge is -2.36. The predicted octanol–water partition coefficient (Wildman–Crippen LogP) is 2.02. The van der Waals surface area contributed by atoms with Crippen molar-refractivity contribution < 1.29 is 4.79 Å². The van der Waals surface area contributed by atoms with E-state index in [2.05, 4.69) is 17.3 Å². The van der Waals surface area contributed by atoms with Crippen molar-refractivity contribution >= 4 is 11.6 Å². The summed E-state index contributed by atoms with van der Waals surface area (Å²) in [6, 6.07) is 3.80. The molecule has 1 saturated carbocycles. The van der Waals surface area contributed by atoms with E-state index in [4.69, 9.17) is 5.84 Å². The highest BCUT2D eigenvalue weighted by molar-refractivity contribution is 5.92. The molecule has 1 aromatic rings. The number of hydrogen-bond acceptors (Lipinski definition) is 4. The van der Waals surface area contributed by atoms with Gasteiger partial charge in [0.2, 0.25) is 0 Å². The number of carbonyl (C=O) groups excluding carboxylic acids is 1. The lowest BCUT2D eigenvalue weighted by Crippen LogP contribution is -2.42. The molecule has 0 bridgehead atoms. The van der Waals surface area contributed by atoms with Crippen molar-refractivity contribution in [3.8, 4) is 0 Å². The summed E-state index contributed by atoms with van der Waals surface area (Å²) in [5.41, 5.74) is 3.68. The first-order chi connectivity index (χ1) is 9.13. The zero-order chi connectivity index (χ0) is 13.8. The molecule has 19 heavy (non-hydrogen) atoms. The zero-order valence-corrected chi connectivity index (χ0v) is 11.6. The van der Waals surface area contributed by atoms with E-state index in [9.17, 15) is 4.79 Å². The number of aromatic nitrogens is 1. The fourth-order valence-electron chi connectivity index (χ4n) is 2.81. The van der Waals surface area contributed by atoms with Gasteiger partial charge in [-0.15, -0.1) is 0 Å². The number of carbonyl (C=O) groups is 1. The number of rotatable bonds is 3. The predicted molar refractivity (Wildman–Crippen MR) is 75.6 cm³/mol. The molecule has 2 atom stereocenters. The molecule has 1 aromatic heterocycles. The minimum absolute atomic E-state index is 0.0117. The molecule has 1 aliphatic carbocycles. The van der Waals surface area contributed by atoms with Crippen LogP contribution in [-0.4, -0.2) is 28.9 Å². The van der Waals surface area contributed by atoms with Gasteiger partial charge in [0.05, 0.1) is 11.9 Å². The smallest absolute Gasteiger partial charge is 0.272 e. The average Bonchev–Trinajstić information content (AvgIpc) is 2.46. The van der Waals surface area contributed by atoms with Gasteiger partial charge in [0, 0.05) is 13.1 Å². The third-order valence-corrected chi connectivity index (χ3v) is 4.03. The van der Waals surface area contributed by atoms with Gasteiger partial charge in [0.25, 0.3) is 5.91 Å². The number of nitrogen functional groups attached to an aromatic ring is 1. The average molecular weight is 262 g/mol. The minimum Gasteiger partial charge on any atom is -0.337 e. The Morgan fingerprint density at radius 2 is 2.16 bits per heavy atom. The maximum atomic E-state index is 12.4. The maximum absolute atomic E-state index is 12.4. The Bertz CT molecular complexity index is 432. The van der Waals surface area contributed by atoms with Crippen molar-refractivity contribution in [1.82, 2.24) is 9.88 Å². The molecular formula is C14H22N4O. The van der Waals surface area contributed by atoms with Crippen LogP contribution < -0.4 is 11.3 Å². The van der Waals surface area contributed by atoms with E-state index in [0.717, 1.165) is 6.42 Å². The molecule has 104 valence electrons. The van der Waals surface area contributed by atoms with Crippen molar-refractivity contribution in [2.24, 2.45) is 11.8 Å². The van der Waals surface area contributed by atoms with E-state index < -0.39 is 0 Å². The summed E-state index contributed by atoms with van der Waals surface area (Å²) in [5, 5.41) is 0. The molecule has 3 N–H and O–H groups in total. The highest BCUT2D eigenvalue weighted by Crippen LogP contribution is 2.28. The lowest BCUT2D eigenvalue weighted by molar-refractivity contribution is 0.0623. The summed E-state index contributed by atoms with van der Waals surface area (Å²) in [6.45, 7) is 2.22. The monoisotopic (exact) mass is 262 g/mol. The van der Waals surface area contributed by atoms with E-state index in [1.165, 1.54) is 19.3 Å². The quantitative estimate of drug-likeness (QED) is 0.646. The molecule has 0 aliphatic heterocycles. The number of hydrogen-bond donors (Lipinski definition) is 2. The van der Waals surface area contributed by atoms with Gasteiger partial charge < -0.3 is 10.3 Å². The van der Waals surface area contributed by atoms with E-state index in [1.807, 2.05) is 11.9 Å². The second kappa shape index (κ2) is 6.02. The largest absolute Gasteiger partial charge is 0.337 e. The molecule has 0 aromatic carbocycles. The minimum atomic E-state index is -0.0117. The van der Waals surface area contributed by atoms with Crippen LogP contribution in [0.4, 0.5) is 5.69 Å². The molecular weight excluding hydrogens is 240 g/mol.